The van der Waals surface area contributed by atoms with Gasteiger partial charge in [0.1, 0.15) is 5.00 Å². The van der Waals surface area contributed by atoms with Crippen molar-refractivity contribution in [1.82, 2.24) is 14.8 Å². The summed E-state index contributed by atoms with van der Waals surface area (Å²) in [6.07, 6.45) is 5.15. The lowest BCUT2D eigenvalue weighted by molar-refractivity contribution is 0.251. The van der Waals surface area contributed by atoms with E-state index in [1.54, 1.807) is 0 Å². The third-order valence-corrected chi connectivity index (χ3v) is 7.18. The summed E-state index contributed by atoms with van der Waals surface area (Å²) in [5, 5.41) is 7.18. The Bertz CT molecular complexity index is 996. The molecule has 0 fully saturated rings. The third-order valence-electron chi connectivity index (χ3n) is 5.02. The van der Waals surface area contributed by atoms with Crippen LogP contribution < -0.4 is 10.6 Å². The number of aryl methyl sites for hydroxylation is 1. The number of thiophene rings is 1. The molecule has 7 heteroatoms. The Hall–Kier alpha value is -2.09. The normalized spacial score (nSPS) is 14.0. The Morgan fingerprint density at radius 1 is 1.29 bits per heavy atom. The molecule has 0 radical (unpaired) electrons. The van der Waals surface area contributed by atoms with Gasteiger partial charge in [0, 0.05) is 52.6 Å². The van der Waals surface area contributed by atoms with Gasteiger partial charge in [-0.1, -0.05) is 15.9 Å². The van der Waals surface area contributed by atoms with Crippen LogP contribution in [0.25, 0.3) is 5.00 Å². The quantitative estimate of drug-likeness (QED) is 0.582. The summed E-state index contributed by atoms with van der Waals surface area (Å²) in [5.74, 6) is 0. The van der Waals surface area contributed by atoms with Crippen LogP contribution in [-0.4, -0.2) is 29.1 Å². The highest BCUT2D eigenvalue weighted by molar-refractivity contribution is 9.10. The predicted octanol–water partition coefficient (Wildman–Crippen LogP) is 4.92. The van der Waals surface area contributed by atoms with Crippen molar-refractivity contribution in [3.05, 3.63) is 68.8 Å². The Balaban J connectivity index is 1.52. The van der Waals surface area contributed by atoms with Gasteiger partial charge >= 0.3 is 6.03 Å². The second kappa shape index (κ2) is 8.11. The summed E-state index contributed by atoms with van der Waals surface area (Å²) in [7, 11) is 2.16. The summed E-state index contributed by atoms with van der Waals surface area (Å²) in [4.78, 5) is 16.2. The van der Waals surface area contributed by atoms with Crippen molar-refractivity contribution >= 4 is 39.0 Å². The molecule has 1 aliphatic rings. The number of halogens is 1. The van der Waals surface area contributed by atoms with Gasteiger partial charge in [0.05, 0.1) is 0 Å². The molecule has 2 amide bonds. The lowest BCUT2D eigenvalue weighted by Crippen LogP contribution is -2.30. The smallest absolute Gasteiger partial charge is 0.319 e. The van der Waals surface area contributed by atoms with E-state index < -0.39 is 0 Å². The zero-order chi connectivity index (χ0) is 19.7. The van der Waals surface area contributed by atoms with Gasteiger partial charge in [-0.25, -0.2) is 4.79 Å². The van der Waals surface area contributed by atoms with Crippen LogP contribution in [0.2, 0.25) is 0 Å². The zero-order valence-electron chi connectivity index (χ0n) is 16.0. The molecule has 0 aliphatic carbocycles. The first kappa shape index (κ1) is 19.2. The molecule has 0 saturated heterocycles. The number of carbonyl (C=O) groups is 1. The predicted molar refractivity (Wildman–Crippen MR) is 118 cm³/mol. The number of likely N-dealkylation sites (N-methyl/N-ethyl adjacent to an activating group) is 1. The van der Waals surface area contributed by atoms with E-state index >= 15 is 0 Å². The number of carbonyl (C=O) groups excluding carboxylic acids is 1. The van der Waals surface area contributed by atoms with E-state index in [1.807, 2.05) is 48.6 Å². The SMILES string of the molecule is Cc1cc(NC(=O)NCc2c(-n3cccc3)sc3c2CCN(C)C3)ccc1Br. The lowest BCUT2D eigenvalue weighted by Gasteiger charge is -2.22. The minimum atomic E-state index is -0.187. The van der Waals surface area contributed by atoms with Gasteiger partial charge in [-0.3, -0.25) is 0 Å². The number of anilines is 1. The van der Waals surface area contributed by atoms with Gasteiger partial charge in [0.25, 0.3) is 0 Å². The molecular weight excluding hydrogens is 436 g/mol. The van der Waals surface area contributed by atoms with E-state index in [1.165, 1.54) is 21.0 Å². The Morgan fingerprint density at radius 2 is 2.07 bits per heavy atom. The average molecular weight is 459 g/mol. The first-order valence-corrected chi connectivity index (χ1v) is 10.9. The van der Waals surface area contributed by atoms with E-state index in [-0.39, 0.29) is 6.03 Å². The Morgan fingerprint density at radius 3 is 2.82 bits per heavy atom. The monoisotopic (exact) mass is 458 g/mol. The fraction of sp³-hybridized carbons (Fsp3) is 0.286. The van der Waals surface area contributed by atoms with Gasteiger partial charge < -0.3 is 20.1 Å². The second-order valence-electron chi connectivity index (χ2n) is 7.14. The van der Waals surface area contributed by atoms with Crippen LogP contribution >= 0.6 is 27.3 Å². The molecular formula is C21H23BrN4OS. The molecule has 0 atom stereocenters. The Labute approximate surface area is 177 Å². The maximum Gasteiger partial charge on any atom is 0.319 e. The van der Waals surface area contributed by atoms with Crippen LogP contribution in [0.1, 0.15) is 21.6 Å². The van der Waals surface area contributed by atoms with Crippen molar-refractivity contribution in [3.63, 3.8) is 0 Å². The fourth-order valence-electron chi connectivity index (χ4n) is 3.51. The molecule has 5 nitrogen and oxygen atoms in total. The van der Waals surface area contributed by atoms with Crippen LogP contribution in [0.4, 0.5) is 10.5 Å². The van der Waals surface area contributed by atoms with Gasteiger partial charge in [-0.05, 0) is 61.9 Å². The first-order chi connectivity index (χ1) is 13.5. The van der Waals surface area contributed by atoms with Crippen LogP contribution in [0.3, 0.4) is 0 Å². The van der Waals surface area contributed by atoms with E-state index in [4.69, 9.17) is 0 Å². The van der Waals surface area contributed by atoms with Crippen LogP contribution in [-0.2, 0) is 19.5 Å². The molecule has 3 heterocycles. The van der Waals surface area contributed by atoms with Crippen LogP contribution in [0.5, 0.6) is 0 Å². The van der Waals surface area contributed by atoms with Crippen molar-refractivity contribution in [3.8, 4) is 5.00 Å². The van der Waals surface area contributed by atoms with Crippen molar-refractivity contribution in [2.24, 2.45) is 0 Å². The zero-order valence-corrected chi connectivity index (χ0v) is 18.4. The molecule has 28 heavy (non-hydrogen) atoms. The third kappa shape index (κ3) is 4.01. The summed E-state index contributed by atoms with van der Waals surface area (Å²) < 4.78 is 3.18. The number of rotatable bonds is 4. The molecule has 146 valence electrons. The highest BCUT2D eigenvalue weighted by atomic mass is 79.9. The van der Waals surface area contributed by atoms with Crippen molar-refractivity contribution < 1.29 is 4.79 Å². The number of hydrogen-bond acceptors (Lipinski definition) is 3. The number of hydrogen-bond donors (Lipinski definition) is 2. The molecule has 0 unspecified atom stereocenters. The maximum atomic E-state index is 12.5. The van der Waals surface area contributed by atoms with E-state index in [0.29, 0.717) is 6.54 Å². The number of urea groups is 1. The van der Waals surface area contributed by atoms with Crippen LogP contribution in [0.15, 0.2) is 47.2 Å². The summed E-state index contributed by atoms with van der Waals surface area (Å²) >= 11 is 5.31. The molecule has 1 aromatic carbocycles. The van der Waals surface area contributed by atoms with Crippen molar-refractivity contribution in [1.29, 1.82) is 0 Å². The molecule has 1 aliphatic heterocycles. The highest BCUT2D eigenvalue weighted by Crippen LogP contribution is 2.35. The number of fused-ring (bicyclic) bond motifs is 1. The number of benzene rings is 1. The van der Waals surface area contributed by atoms with E-state index in [9.17, 15) is 4.79 Å². The first-order valence-electron chi connectivity index (χ1n) is 9.27. The lowest BCUT2D eigenvalue weighted by atomic mass is 10.0. The topological polar surface area (TPSA) is 49.3 Å². The summed E-state index contributed by atoms with van der Waals surface area (Å²) in [6.45, 7) is 4.54. The minimum Gasteiger partial charge on any atom is -0.334 e. The van der Waals surface area contributed by atoms with Crippen LogP contribution in [0, 0.1) is 6.92 Å². The van der Waals surface area contributed by atoms with Gasteiger partial charge in [0.2, 0.25) is 0 Å². The fourth-order valence-corrected chi connectivity index (χ4v) is 5.17. The maximum absolute atomic E-state index is 12.5. The molecule has 2 aromatic heterocycles. The molecule has 0 spiro atoms. The van der Waals surface area contributed by atoms with E-state index in [2.05, 4.69) is 55.5 Å². The van der Waals surface area contributed by atoms with Gasteiger partial charge in [0.15, 0.2) is 0 Å². The Kier molecular flexibility index (Phi) is 5.57. The summed E-state index contributed by atoms with van der Waals surface area (Å²) in [5.41, 5.74) is 4.50. The minimum absolute atomic E-state index is 0.187. The highest BCUT2D eigenvalue weighted by Gasteiger charge is 2.23. The standard InChI is InChI=1S/C21H23BrN4OS/c1-14-11-15(5-6-18(14)22)24-21(27)23-12-17-16-7-10-25(2)13-19(16)28-20(17)26-8-3-4-9-26/h3-6,8-9,11H,7,10,12-13H2,1-2H3,(H2,23,24,27). The molecule has 3 aromatic rings. The molecule has 4 rings (SSSR count). The van der Waals surface area contributed by atoms with Gasteiger partial charge in [-0.15, -0.1) is 11.3 Å². The molecule has 2 N–H and O–H groups in total. The van der Waals surface area contributed by atoms with Gasteiger partial charge in [-0.2, -0.15) is 0 Å². The number of amides is 2. The molecule has 0 saturated carbocycles. The summed E-state index contributed by atoms with van der Waals surface area (Å²) in [6, 6.07) is 9.67. The molecule has 0 bridgehead atoms. The number of aromatic nitrogens is 1. The van der Waals surface area contributed by atoms with Crippen molar-refractivity contribution in [2.75, 3.05) is 18.9 Å². The van der Waals surface area contributed by atoms with E-state index in [0.717, 1.165) is 35.2 Å². The van der Waals surface area contributed by atoms with Crippen molar-refractivity contribution in [2.45, 2.75) is 26.4 Å². The largest absolute Gasteiger partial charge is 0.334 e. The number of nitrogens with one attached hydrogen (secondary N) is 2. The second-order valence-corrected chi connectivity index (χ2v) is 9.08. The number of nitrogens with zero attached hydrogens (tertiary/aromatic N) is 2. The average Bonchev–Trinajstić information content (AvgIpc) is 3.30.